The lowest BCUT2D eigenvalue weighted by Gasteiger charge is -1.97. The van der Waals surface area contributed by atoms with E-state index in [0.717, 1.165) is 0 Å². The number of hydrogen-bond acceptors (Lipinski definition) is 6. The lowest BCUT2D eigenvalue weighted by molar-refractivity contribution is 0.0514. The van der Waals surface area contributed by atoms with Crippen LogP contribution in [0.25, 0.3) is 11.3 Å². The normalized spacial score (nSPS) is 10.2. The molecule has 0 spiro atoms. The Labute approximate surface area is 97.4 Å². The molecule has 0 aliphatic carbocycles. The molecule has 0 atom stereocenters. The molecule has 88 valence electrons. The van der Waals surface area contributed by atoms with E-state index in [2.05, 4.69) is 10.1 Å². The summed E-state index contributed by atoms with van der Waals surface area (Å²) in [4.78, 5) is 15.3. The van der Waals surface area contributed by atoms with E-state index in [4.69, 9.17) is 15.0 Å². The number of pyridine rings is 1. The summed E-state index contributed by atoms with van der Waals surface area (Å²) in [6.07, 6.45) is 1.57. The van der Waals surface area contributed by atoms with Crippen molar-refractivity contribution in [2.45, 2.75) is 6.92 Å². The average Bonchev–Trinajstić information content (AvgIpc) is 2.79. The van der Waals surface area contributed by atoms with Crippen LogP contribution in [0.3, 0.4) is 0 Å². The molecule has 2 rings (SSSR count). The number of carbonyl (C=O) groups excluding carboxylic acids is 1. The third kappa shape index (κ3) is 2.25. The molecular weight excluding hydrogens is 222 g/mol. The average molecular weight is 233 g/mol. The largest absolute Gasteiger partial charge is 0.461 e. The highest BCUT2D eigenvalue weighted by Crippen LogP contribution is 2.24. The van der Waals surface area contributed by atoms with Crippen molar-refractivity contribution >= 4 is 11.8 Å². The van der Waals surface area contributed by atoms with Crippen LogP contribution in [0.1, 0.15) is 17.4 Å². The van der Waals surface area contributed by atoms with Crippen LogP contribution >= 0.6 is 0 Å². The molecule has 0 bridgehead atoms. The maximum atomic E-state index is 11.4. The van der Waals surface area contributed by atoms with Gasteiger partial charge in [-0.25, -0.2) is 9.78 Å². The fraction of sp³-hybridized carbons (Fsp3) is 0.182. The van der Waals surface area contributed by atoms with Crippen LogP contribution in [0.15, 0.2) is 28.9 Å². The summed E-state index contributed by atoms with van der Waals surface area (Å²) in [7, 11) is 0. The molecule has 0 unspecified atom stereocenters. The first kappa shape index (κ1) is 11.1. The molecule has 6 nitrogen and oxygen atoms in total. The van der Waals surface area contributed by atoms with Crippen molar-refractivity contribution < 1.29 is 14.1 Å². The summed E-state index contributed by atoms with van der Waals surface area (Å²) in [5.74, 6) is 0.183. The van der Waals surface area contributed by atoms with E-state index < -0.39 is 5.97 Å². The van der Waals surface area contributed by atoms with E-state index in [1.165, 1.54) is 6.07 Å². The van der Waals surface area contributed by atoms with Crippen LogP contribution in [0.4, 0.5) is 5.82 Å². The number of anilines is 1. The van der Waals surface area contributed by atoms with Crippen LogP contribution in [-0.2, 0) is 4.74 Å². The van der Waals surface area contributed by atoms with Gasteiger partial charge in [-0.15, -0.1) is 0 Å². The lowest BCUT2D eigenvalue weighted by atomic mass is 10.2. The number of aromatic nitrogens is 2. The van der Waals surface area contributed by atoms with E-state index in [1.54, 1.807) is 25.3 Å². The number of nitrogens with two attached hydrogens (primary N) is 1. The molecular formula is C11H11N3O3. The molecule has 0 saturated carbocycles. The zero-order valence-corrected chi connectivity index (χ0v) is 9.21. The van der Waals surface area contributed by atoms with Gasteiger partial charge in [-0.2, -0.15) is 0 Å². The number of rotatable bonds is 3. The molecule has 2 aromatic rings. The Morgan fingerprint density at radius 1 is 1.59 bits per heavy atom. The van der Waals surface area contributed by atoms with Gasteiger partial charge in [-0.1, -0.05) is 5.16 Å². The number of ether oxygens (including phenoxy) is 1. The van der Waals surface area contributed by atoms with Crippen LogP contribution in [0.5, 0.6) is 0 Å². The fourth-order valence-corrected chi connectivity index (χ4v) is 1.33. The van der Waals surface area contributed by atoms with Gasteiger partial charge in [0.15, 0.2) is 11.5 Å². The number of esters is 1. The highest BCUT2D eigenvalue weighted by molar-refractivity contribution is 5.88. The Morgan fingerprint density at radius 2 is 2.41 bits per heavy atom. The van der Waals surface area contributed by atoms with E-state index in [-0.39, 0.29) is 12.3 Å². The van der Waals surface area contributed by atoms with Gasteiger partial charge in [0.05, 0.1) is 12.2 Å². The van der Waals surface area contributed by atoms with Gasteiger partial charge in [0, 0.05) is 12.3 Å². The van der Waals surface area contributed by atoms with Crippen molar-refractivity contribution in [3.05, 3.63) is 30.1 Å². The summed E-state index contributed by atoms with van der Waals surface area (Å²) in [6, 6.07) is 4.93. The van der Waals surface area contributed by atoms with E-state index >= 15 is 0 Å². The number of nitrogens with zero attached hydrogens (tertiary/aromatic N) is 2. The second-order valence-corrected chi connectivity index (χ2v) is 3.23. The van der Waals surface area contributed by atoms with Crippen LogP contribution in [0, 0.1) is 0 Å². The van der Waals surface area contributed by atoms with E-state index in [1.807, 2.05) is 0 Å². The molecule has 2 heterocycles. The zero-order chi connectivity index (χ0) is 12.3. The highest BCUT2D eigenvalue weighted by Gasteiger charge is 2.15. The Bertz CT molecular complexity index is 536. The van der Waals surface area contributed by atoms with Gasteiger partial charge in [0.2, 0.25) is 0 Å². The Balaban J connectivity index is 2.30. The van der Waals surface area contributed by atoms with Crippen LogP contribution in [0.2, 0.25) is 0 Å². The first-order valence-corrected chi connectivity index (χ1v) is 5.07. The zero-order valence-electron chi connectivity index (χ0n) is 9.21. The van der Waals surface area contributed by atoms with Gasteiger partial charge in [0.1, 0.15) is 5.82 Å². The maximum Gasteiger partial charge on any atom is 0.360 e. The molecule has 6 heteroatoms. The van der Waals surface area contributed by atoms with Crippen LogP contribution in [-0.4, -0.2) is 22.7 Å². The van der Waals surface area contributed by atoms with Crippen molar-refractivity contribution in [1.82, 2.24) is 10.1 Å². The third-order valence-electron chi connectivity index (χ3n) is 2.10. The highest BCUT2D eigenvalue weighted by atomic mass is 16.5. The molecule has 0 amide bonds. The minimum absolute atomic E-state index is 0.116. The summed E-state index contributed by atoms with van der Waals surface area (Å²) in [5, 5.41) is 3.62. The maximum absolute atomic E-state index is 11.4. The van der Waals surface area contributed by atoms with Crippen molar-refractivity contribution in [2.24, 2.45) is 0 Å². The SMILES string of the molecule is CCOC(=O)c1cc(-c2cccnc2N)on1. The Kier molecular flexibility index (Phi) is 3.04. The standard InChI is InChI=1S/C11H11N3O3/c1-2-16-11(15)8-6-9(17-14-8)7-4-3-5-13-10(7)12/h3-6H,2H2,1H3,(H2,12,13). The Hall–Kier alpha value is -2.37. The summed E-state index contributed by atoms with van der Waals surface area (Å²) in [6.45, 7) is 2.01. The first-order valence-electron chi connectivity index (χ1n) is 5.07. The summed E-state index contributed by atoms with van der Waals surface area (Å²) >= 11 is 0. The molecule has 2 N–H and O–H groups in total. The van der Waals surface area contributed by atoms with Gasteiger partial charge in [0.25, 0.3) is 0 Å². The first-order chi connectivity index (χ1) is 8.22. The van der Waals surface area contributed by atoms with E-state index in [9.17, 15) is 4.79 Å². The molecule has 0 saturated heterocycles. The molecule has 0 aliphatic heterocycles. The molecule has 0 fully saturated rings. The van der Waals surface area contributed by atoms with Crippen molar-refractivity contribution in [3.8, 4) is 11.3 Å². The third-order valence-corrected chi connectivity index (χ3v) is 2.10. The molecule has 0 aromatic carbocycles. The van der Waals surface area contributed by atoms with Crippen molar-refractivity contribution in [3.63, 3.8) is 0 Å². The van der Waals surface area contributed by atoms with E-state index in [0.29, 0.717) is 17.1 Å². The molecule has 2 aromatic heterocycles. The summed E-state index contributed by atoms with van der Waals surface area (Å²) in [5.41, 5.74) is 6.39. The second kappa shape index (κ2) is 4.65. The topological polar surface area (TPSA) is 91.2 Å². The summed E-state index contributed by atoms with van der Waals surface area (Å²) < 4.78 is 9.83. The number of hydrogen-bond donors (Lipinski definition) is 1. The van der Waals surface area contributed by atoms with Crippen molar-refractivity contribution in [2.75, 3.05) is 12.3 Å². The smallest absolute Gasteiger partial charge is 0.360 e. The minimum atomic E-state index is -0.523. The lowest BCUT2D eigenvalue weighted by Crippen LogP contribution is -2.04. The predicted octanol–water partition coefficient (Wildman–Crippen LogP) is 1.50. The minimum Gasteiger partial charge on any atom is -0.461 e. The van der Waals surface area contributed by atoms with Gasteiger partial charge < -0.3 is 15.0 Å². The van der Waals surface area contributed by atoms with Gasteiger partial charge >= 0.3 is 5.97 Å². The monoisotopic (exact) mass is 233 g/mol. The molecule has 0 aliphatic rings. The Morgan fingerprint density at radius 3 is 3.12 bits per heavy atom. The van der Waals surface area contributed by atoms with Crippen molar-refractivity contribution in [1.29, 1.82) is 0 Å². The molecule has 17 heavy (non-hydrogen) atoms. The van der Waals surface area contributed by atoms with Crippen LogP contribution < -0.4 is 5.73 Å². The number of carbonyl (C=O) groups is 1. The quantitative estimate of drug-likeness (QED) is 0.807. The number of nitrogen functional groups attached to an aromatic ring is 1. The van der Waals surface area contributed by atoms with Gasteiger partial charge in [-0.05, 0) is 19.1 Å². The second-order valence-electron chi connectivity index (χ2n) is 3.23. The van der Waals surface area contributed by atoms with Gasteiger partial charge in [-0.3, -0.25) is 0 Å². The predicted molar refractivity (Wildman–Crippen MR) is 60.1 cm³/mol. The molecule has 0 radical (unpaired) electrons. The fourth-order valence-electron chi connectivity index (χ4n) is 1.33.